The predicted octanol–water partition coefficient (Wildman–Crippen LogP) is 3.77. The molecule has 1 N–H and O–H groups in total. The van der Waals surface area contributed by atoms with Gasteiger partial charge in [-0.2, -0.15) is 4.98 Å². The molecule has 0 unspecified atom stereocenters. The summed E-state index contributed by atoms with van der Waals surface area (Å²) in [6, 6.07) is 17.8. The average Bonchev–Trinajstić information content (AvgIpc) is 3.41. The Balaban J connectivity index is 1.53. The summed E-state index contributed by atoms with van der Waals surface area (Å²) in [5, 5.41) is 13.7. The molecule has 0 saturated carbocycles. The van der Waals surface area contributed by atoms with Gasteiger partial charge in [0, 0.05) is 17.3 Å². The second-order valence-electron chi connectivity index (χ2n) is 5.97. The Kier molecular flexibility index (Phi) is 3.18. The Bertz CT molecular complexity index is 1200. The van der Waals surface area contributed by atoms with Crippen molar-refractivity contribution in [2.75, 3.05) is 0 Å². The van der Waals surface area contributed by atoms with Crippen LogP contribution in [0.5, 0.6) is 0 Å². The lowest BCUT2D eigenvalue weighted by Crippen LogP contribution is -1.98. The Morgan fingerprint density at radius 1 is 1.04 bits per heavy atom. The molecule has 0 radical (unpaired) electrons. The summed E-state index contributed by atoms with van der Waals surface area (Å²) in [7, 11) is 0. The third-order valence-corrected chi connectivity index (χ3v) is 4.34. The highest BCUT2D eigenvalue weighted by atomic mass is 16.5. The zero-order valence-electron chi connectivity index (χ0n) is 13.9. The van der Waals surface area contributed by atoms with Crippen molar-refractivity contribution in [1.82, 2.24) is 30.1 Å². The third-order valence-electron chi connectivity index (χ3n) is 4.34. The van der Waals surface area contributed by atoms with Crippen LogP contribution >= 0.6 is 0 Å². The van der Waals surface area contributed by atoms with E-state index in [1.54, 1.807) is 4.68 Å². The van der Waals surface area contributed by atoms with Crippen molar-refractivity contribution in [2.45, 2.75) is 6.92 Å². The van der Waals surface area contributed by atoms with Crippen molar-refractivity contribution < 1.29 is 4.52 Å². The minimum absolute atomic E-state index is 0.422. The molecule has 0 saturated heterocycles. The third kappa shape index (κ3) is 2.29. The predicted molar refractivity (Wildman–Crippen MR) is 96.7 cm³/mol. The van der Waals surface area contributed by atoms with Gasteiger partial charge in [-0.1, -0.05) is 34.6 Å². The molecule has 0 fully saturated rings. The van der Waals surface area contributed by atoms with E-state index in [0.717, 1.165) is 27.8 Å². The first-order valence-corrected chi connectivity index (χ1v) is 8.19. The fourth-order valence-corrected chi connectivity index (χ4v) is 2.97. The Hall–Kier alpha value is -3.74. The first-order valence-electron chi connectivity index (χ1n) is 8.19. The molecule has 0 bridgehead atoms. The topological polar surface area (TPSA) is 85.4 Å². The molecule has 0 aliphatic rings. The van der Waals surface area contributed by atoms with Gasteiger partial charge in [-0.3, -0.25) is 0 Å². The summed E-state index contributed by atoms with van der Waals surface area (Å²) < 4.78 is 7.21. The Labute approximate surface area is 148 Å². The van der Waals surface area contributed by atoms with E-state index in [9.17, 15) is 0 Å². The molecule has 7 nitrogen and oxygen atoms in total. The van der Waals surface area contributed by atoms with Gasteiger partial charge in [0.1, 0.15) is 0 Å². The summed E-state index contributed by atoms with van der Waals surface area (Å²) >= 11 is 0. The molecular weight excluding hydrogens is 328 g/mol. The van der Waals surface area contributed by atoms with Crippen molar-refractivity contribution in [3.05, 3.63) is 66.5 Å². The molecule has 5 aromatic rings. The van der Waals surface area contributed by atoms with E-state index in [0.29, 0.717) is 17.4 Å². The first-order chi connectivity index (χ1) is 12.8. The highest BCUT2D eigenvalue weighted by Gasteiger charge is 2.18. The second kappa shape index (κ2) is 5.66. The summed E-state index contributed by atoms with van der Waals surface area (Å²) in [5.41, 5.74) is 4.26. The van der Waals surface area contributed by atoms with E-state index in [1.165, 1.54) is 0 Å². The van der Waals surface area contributed by atoms with E-state index >= 15 is 0 Å². The minimum atomic E-state index is 0.422. The van der Waals surface area contributed by atoms with Gasteiger partial charge in [0.25, 0.3) is 5.89 Å². The maximum atomic E-state index is 5.45. The van der Waals surface area contributed by atoms with Gasteiger partial charge in [0.2, 0.25) is 5.82 Å². The summed E-state index contributed by atoms with van der Waals surface area (Å²) in [6.45, 7) is 1.93. The van der Waals surface area contributed by atoms with Crippen LogP contribution in [0.2, 0.25) is 0 Å². The maximum Gasteiger partial charge on any atom is 0.258 e. The van der Waals surface area contributed by atoms with Gasteiger partial charge in [0.15, 0.2) is 5.69 Å². The minimum Gasteiger partial charge on any atom is -0.361 e. The second-order valence-corrected chi connectivity index (χ2v) is 5.97. The van der Waals surface area contributed by atoms with Crippen molar-refractivity contribution in [2.24, 2.45) is 0 Å². The van der Waals surface area contributed by atoms with E-state index < -0.39 is 0 Å². The molecule has 2 aromatic carbocycles. The van der Waals surface area contributed by atoms with Gasteiger partial charge in [0.05, 0.1) is 11.4 Å². The summed E-state index contributed by atoms with van der Waals surface area (Å²) in [5.74, 6) is 0.872. The van der Waals surface area contributed by atoms with Crippen LogP contribution in [0.3, 0.4) is 0 Å². The van der Waals surface area contributed by atoms with Gasteiger partial charge < -0.3 is 9.51 Å². The number of aromatic nitrogens is 6. The van der Waals surface area contributed by atoms with Crippen LogP contribution in [-0.2, 0) is 0 Å². The van der Waals surface area contributed by atoms with Crippen LogP contribution < -0.4 is 0 Å². The van der Waals surface area contributed by atoms with E-state index in [1.807, 2.05) is 67.7 Å². The van der Waals surface area contributed by atoms with E-state index in [-0.39, 0.29) is 0 Å². The fourth-order valence-electron chi connectivity index (χ4n) is 2.97. The average molecular weight is 342 g/mol. The molecule has 3 heterocycles. The lowest BCUT2D eigenvalue weighted by molar-refractivity contribution is 0.432. The smallest absolute Gasteiger partial charge is 0.258 e. The van der Waals surface area contributed by atoms with Crippen LogP contribution in [0, 0.1) is 6.92 Å². The number of H-pyrrole nitrogens is 1. The molecular formula is C19H14N6O. The summed E-state index contributed by atoms with van der Waals surface area (Å²) in [6.07, 6.45) is 1.90. The van der Waals surface area contributed by atoms with Gasteiger partial charge >= 0.3 is 0 Å². The number of hydrogen-bond acceptors (Lipinski definition) is 5. The number of para-hydroxylation sites is 1. The quantitative estimate of drug-likeness (QED) is 0.539. The fraction of sp³-hybridized carbons (Fsp3) is 0.0526. The van der Waals surface area contributed by atoms with Gasteiger partial charge in [-0.25, -0.2) is 4.68 Å². The Morgan fingerprint density at radius 2 is 1.92 bits per heavy atom. The normalized spacial score (nSPS) is 11.3. The molecule has 26 heavy (non-hydrogen) atoms. The molecule has 126 valence electrons. The highest BCUT2D eigenvalue weighted by molar-refractivity contribution is 5.83. The number of aromatic amines is 1. The number of rotatable bonds is 3. The Morgan fingerprint density at radius 3 is 2.81 bits per heavy atom. The van der Waals surface area contributed by atoms with E-state index in [4.69, 9.17) is 4.52 Å². The molecule has 7 heteroatoms. The number of benzene rings is 2. The highest BCUT2D eigenvalue weighted by Crippen LogP contribution is 2.26. The zero-order chi connectivity index (χ0) is 17.5. The van der Waals surface area contributed by atoms with Crippen LogP contribution in [-0.4, -0.2) is 30.1 Å². The first kappa shape index (κ1) is 14.6. The zero-order valence-corrected chi connectivity index (χ0v) is 13.9. The number of hydrogen-bond donors (Lipinski definition) is 1. The number of nitrogens with zero attached hydrogens (tertiary/aromatic N) is 5. The number of nitrogens with one attached hydrogen (secondary N) is 1. The molecule has 0 atom stereocenters. The molecule has 0 aliphatic carbocycles. The molecule has 0 spiro atoms. The number of fused-ring (bicyclic) bond motifs is 1. The van der Waals surface area contributed by atoms with Crippen molar-refractivity contribution in [3.8, 4) is 28.7 Å². The van der Waals surface area contributed by atoms with Crippen LogP contribution in [0.4, 0.5) is 0 Å². The van der Waals surface area contributed by atoms with Crippen molar-refractivity contribution in [3.63, 3.8) is 0 Å². The van der Waals surface area contributed by atoms with Crippen LogP contribution in [0.15, 0.2) is 65.3 Å². The SMILES string of the molecule is Cc1c(-c2noc(-c3ccc4cc[nH]c4c3)n2)nnn1-c1ccccc1. The largest absolute Gasteiger partial charge is 0.361 e. The standard InChI is InChI=1S/C19H14N6O/c1-12-17(22-24-25(12)15-5-3-2-4-6-15)18-21-19(26-23-18)14-8-7-13-9-10-20-16(13)11-14/h2-11,20H,1H3. The van der Waals surface area contributed by atoms with Crippen molar-refractivity contribution in [1.29, 1.82) is 0 Å². The molecule has 0 amide bonds. The van der Waals surface area contributed by atoms with Crippen molar-refractivity contribution >= 4 is 10.9 Å². The lowest BCUT2D eigenvalue weighted by atomic mass is 10.1. The molecule has 0 aliphatic heterocycles. The van der Waals surface area contributed by atoms with Gasteiger partial charge in [-0.15, -0.1) is 5.10 Å². The van der Waals surface area contributed by atoms with Gasteiger partial charge in [-0.05, 0) is 42.6 Å². The maximum absolute atomic E-state index is 5.45. The van der Waals surface area contributed by atoms with Crippen LogP contribution in [0.25, 0.3) is 39.6 Å². The molecule has 3 aromatic heterocycles. The van der Waals surface area contributed by atoms with E-state index in [2.05, 4.69) is 25.4 Å². The summed E-state index contributed by atoms with van der Waals surface area (Å²) in [4.78, 5) is 7.69. The van der Waals surface area contributed by atoms with Crippen LogP contribution in [0.1, 0.15) is 5.69 Å². The lowest BCUT2D eigenvalue weighted by Gasteiger charge is -2.01. The molecule has 5 rings (SSSR count). The monoisotopic (exact) mass is 342 g/mol.